The highest BCUT2D eigenvalue weighted by atomic mass is 16.3. The lowest BCUT2D eigenvalue weighted by Crippen LogP contribution is -2.72. The topological polar surface area (TPSA) is 162 Å². The van der Waals surface area contributed by atoms with Crippen molar-refractivity contribution in [2.75, 3.05) is 18.4 Å². The van der Waals surface area contributed by atoms with Crippen LogP contribution in [-0.4, -0.2) is 48.0 Å². The van der Waals surface area contributed by atoms with E-state index in [1.165, 1.54) is 0 Å². The van der Waals surface area contributed by atoms with Crippen LogP contribution in [0.4, 0.5) is 5.69 Å². The molecule has 3 aliphatic heterocycles. The van der Waals surface area contributed by atoms with Crippen molar-refractivity contribution in [2.24, 2.45) is 27.4 Å². The maximum atomic E-state index is 12.1. The number of carbonyl (C=O) groups is 1. The van der Waals surface area contributed by atoms with Gasteiger partial charge in [-0.25, -0.2) is 0 Å². The summed E-state index contributed by atoms with van der Waals surface area (Å²) < 4.78 is 0. The summed E-state index contributed by atoms with van der Waals surface area (Å²) in [6.45, 7) is 5.11. The first-order valence-corrected chi connectivity index (χ1v) is 10.1. The molecule has 3 aliphatic rings. The number of hydrogen-bond donors (Lipinski definition) is 7. The van der Waals surface area contributed by atoms with Gasteiger partial charge in [-0.3, -0.25) is 9.79 Å². The van der Waals surface area contributed by atoms with E-state index in [4.69, 9.17) is 11.5 Å². The van der Waals surface area contributed by atoms with Gasteiger partial charge in [0.2, 0.25) is 0 Å². The van der Waals surface area contributed by atoms with Crippen LogP contribution < -0.4 is 32.7 Å². The van der Waals surface area contributed by atoms with Crippen LogP contribution in [-0.2, 0) is 10.4 Å². The van der Waals surface area contributed by atoms with E-state index in [2.05, 4.69) is 31.3 Å². The molecule has 1 amide bonds. The Hall–Kier alpha value is -3.11. The molecule has 1 saturated heterocycles. The Labute approximate surface area is 174 Å². The number of aliphatic hydroxyl groups is 1. The number of guanidine groups is 1. The third-order valence-corrected chi connectivity index (χ3v) is 5.93. The van der Waals surface area contributed by atoms with Crippen LogP contribution in [0.25, 0.3) is 0 Å². The molecule has 3 heterocycles. The van der Waals surface area contributed by atoms with Crippen molar-refractivity contribution < 1.29 is 9.90 Å². The first-order valence-electron chi connectivity index (χ1n) is 10.1. The largest absolute Gasteiger partial charge is 0.380 e. The van der Waals surface area contributed by atoms with Crippen molar-refractivity contribution >= 4 is 23.3 Å². The third kappa shape index (κ3) is 3.37. The number of rotatable bonds is 6. The lowest BCUT2D eigenvalue weighted by Gasteiger charge is -2.47. The monoisotopic (exact) mass is 412 g/mol. The normalized spacial score (nSPS) is 28.7. The quantitative estimate of drug-likeness (QED) is 0.302. The van der Waals surface area contributed by atoms with E-state index in [0.29, 0.717) is 30.2 Å². The minimum absolute atomic E-state index is 0.182. The van der Waals surface area contributed by atoms with Gasteiger partial charge >= 0.3 is 0 Å². The average molecular weight is 412 g/mol. The zero-order chi connectivity index (χ0) is 21.5. The SMILES string of the molecule is CCC(C)C1NC(=O)C1(O)c1ccc(NCC2=NC3=C(N=C(N)NC3N)NC2)cc1. The van der Waals surface area contributed by atoms with Gasteiger partial charge in [-0.05, 0) is 23.6 Å². The third-order valence-electron chi connectivity index (χ3n) is 5.93. The first-order chi connectivity index (χ1) is 14.3. The van der Waals surface area contributed by atoms with Gasteiger partial charge in [0, 0.05) is 5.69 Å². The predicted molar refractivity (Wildman–Crippen MR) is 115 cm³/mol. The van der Waals surface area contributed by atoms with E-state index >= 15 is 0 Å². The second-order valence-corrected chi connectivity index (χ2v) is 7.92. The van der Waals surface area contributed by atoms with Crippen LogP contribution in [0.2, 0.25) is 0 Å². The minimum Gasteiger partial charge on any atom is -0.380 e. The van der Waals surface area contributed by atoms with Crippen LogP contribution in [0.15, 0.2) is 45.8 Å². The number of anilines is 1. The van der Waals surface area contributed by atoms with E-state index in [9.17, 15) is 9.90 Å². The van der Waals surface area contributed by atoms with Crippen molar-refractivity contribution in [3.63, 3.8) is 0 Å². The molecule has 0 saturated carbocycles. The predicted octanol–water partition coefficient (Wildman–Crippen LogP) is -0.753. The molecule has 0 aromatic heterocycles. The van der Waals surface area contributed by atoms with Gasteiger partial charge in [0.1, 0.15) is 11.9 Å². The van der Waals surface area contributed by atoms with Crippen LogP contribution in [0, 0.1) is 5.92 Å². The molecule has 30 heavy (non-hydrogen) atoms. The molecule has 0 aliphatic carbocycles. The Morgan fingerprint density at radius 1 is 1.30 bits per heavy atom. The summed E-state index contributed by atoms with van der Waals surface area (Å²) in [6.07, 6.45) is 0.366. The van der Waals surface area contributed by atoms with Gasteiger partial charge in [-0.1, -0.05) is 32.4 Å². The second kappa shape index (κ2) is 7.62. The Kier molecular flexibility index (Phi) is 5.12. The summed E-state index contributed by atoms with van der Waals surface area (Å²) in [7, 11) is 0. The zero-order valence-electron chi connectivity index (χ0n) is 17.1. The summed E-state index contributed by atoms with van der Waals surface area (Å²) in [6, 6.07) is 7.01. The van der Waals surface area contributed by atoms with E-state index in [1.807, 2.05) is 26.0 Å². The molecule has 1 aromatic rings. The number of β-lactam (4-membered cyclic amide) rings is 1. The van der Waals surface area contributed by atoms with Gasteiger partial charge in [0.25, 0.3) is 5.91 Å². The molecular formula is C20H28N8O2. The highest BCUT2D eigenvalue weighted by Crippen LogP contribution is 2.37. The molecule has 10 heteroatoms. The number of benzene rings is 1. The highest BCUT2D eigenvalue weighted by Gasteiger charge is 2.56. The molecule has 4 atom stereocenters. The fraction of sp³-hybridized carbons (Fsp3) is 0.450. The minimum atomic E-state index is -1.47. The first kappa shape index (κ1) is 20.2. The van der Waals surface area contributed by atoms with Crippen LogP contribution in [0.5, 0.6) is 0 Å². The van der Waals surface area contributed by atoms with E-state index < -0.39 is 11.8 Å². The fourth-order valence-corrected chi connectivity index (χ4v) is 3.90. The number of nitrogens with one attached hydrogen (secondary N) is 4. The van der Waals surface area contributed by atoms with Crippen molar-refractivity contribution in [1.29, 1.82) is 0 Å². The summed E-state index contributed by atoms with van der Waals surface area (Å²) in [5, 5.41) is 23.2. The van der Waals surface area contributed by atoms with Crippen LogP contribution in [0.3, 0.4) is 0 Å². The van der Waals surface area contributed by atoms with E-state index in [0.717, 1.165) is 17.8 Å². The maximum Gasteiger partial charge on any atom is 0.259 e. The molecule has 4 rings (SSSR count). The van der Waals surface area contributed by atoms with Gasteiger partial charge in [0.05, 0.1) is 24.8 Å². The highest BCUT2D eigenvalue weighted by molar-refractivity contribution is 5.94. The number of nitrogens with zero attached hydrogens (tertiary/aromatic N) is 2. The van der Waals surface area contributed by atoms with Gasteiger partial charge in [0.15, 0.2) is 17.4 Å². The molecule has 4 unspecified atom stereocenters. The lowest BCUT2D eigenvalue weighted by molar-refractivity contribution is -0.167. The molecule has 1 fully saturated rings. The lowest BCUT2D eigenvalue weighted by atomic mass is 9.72. The molecule has 9 N–H and O–H groups in total. The Balaban J connectivity index is 1.43. The molecule has 0 radical (unpaired) electrons. The Morgan fingerprint density at radius 2 is 2.03 bits per heavy atom. The number of nitrogens with two attached hydrogens (primary N) is 2. The van der Waals surface area contributed by atoms with E-state index in [1.54, 1.807) is 12.1 Å². The summed E-state index contributed by atoms with van der Waals surface area (Å²) in [4.78, 5) is 20.9. The number of carbonyl (C=O) groups excluding carboxylic acids is 1. The van der Waals surface area contributed by atoms with Crippen molar-refractivity contribution in [3.05, 3.63) is 41.3 Å². The molecule has 0 bridgehead atoms. The standard InChI is InChI=1S/C20H28N8O2/c1-3-10(2)15-20(30,18(29)26-15)11-4-6-12(7-5-11)23-8-13-9-24-17-14(25-13)16(21)27-19(22)28-17/h4-7,10,15-16,23-24,30H,3,8-9,21H2,1-2H3,(H,26,29)(H3,22,27,28). The summed E-state index contributed by atoms with van der Waals surface area (Å²) >= 11 is 0. The second-order valence-electron chi connectivity index (χ2n) is 7.92. The zero-order valence-corrected chi connectivity index (χ0v) is 17.1. The summed E-state index contributed by atoms with van der Waals surface area (Å²) in [5.74, 6) is 0.695. The number of hydrogen-bond acceptors (Lipinski definition) is 9. The van der Waals surface area contributed by atoms with Crippen molar-refractivity contribution in [3.8, 4) is 0 Å². The Morgan fingerprint density at radius 3 is 2.70 bits per heavy atom. The van der Waals surface area contributed by atoms with Gasteiger partial charge < -0.3 is 37.8 Å². The Bertz CT molecular complexity index is 939. The van der Waals surface area contributed by atoms with Gasteiger partial charge in [-0.15, -0.1) is 0 Å². The molecule has 160 valence electrons. The fourth-order valence-electron chi connectivity index (χ4n) is 3.90. The molecule has 0 spiro atoms. The molecule has 10 nitrogen and oxygen atoms in total. The van der Waals surface area contributed by atoms with Crippen molar-refractivity contribution in [1.82, 2.24) is 16.0 Å². The van der Waals surface area contributed by atoms with E-state index in [-0.39, 0.29) is 23.8 Å². The van der Waals surface area contributed by atoms with Crippen molar-refractivity contribution in [2.45, 2.75) is 38.1 Å². The number of aliphatic imine (C=N–C) groups is 2. The molecule has 1 aromatic carbocycles. The smallest absolute Gasteiger partial charge is 0.259 e. The van der Waals surface area contributed by atoms with Crippen LogP contribution in [0.1, 0.15) is 25.8 Å². The molecular weight excluding hydrogens is 384 g/mol. The maximum absolute atomic E-state index is 12.1. The van der Waals surface area contributed by atoms with Gasteiger partial charge in [-0.2, -0.15) is 4.99 Å². The van der Waals surface area contributed by atoms with Crippen LogP contribution >= 0.6 is 0 Å². The average Bonchev–Trinajstić information content (AvgIpc) is 2.75. The summed E-state index contributed by atoms with van der Waals surface area (Å²) in [5.41, 5.74) is 13.2. The number of amides is 1.